The van der Waals surface area contributed by atoms with Gasteiger partial charge in [0.25, 0.3) is 5.91 Å². The number of anilines is 2. The largest absolute Gasteiger partial charge is 0.447 e. The Bertz CT molecular complexity index is 1060. The third kappa shape index (κ3) is 4.17. The molecule has 0 unspecified atom stereocenters. The number of hydrogen-bond donors (Lipinski definition) is 1. The van der Waals surface area contributed by atoms with Crippen LogP contribution in [-0.2, 0) is 14.8 Å². The van der Waals surface area contributed by atoms with E-state index < -0.39 is 22.0 Å². The lowest BCUT2D eigenvalue weighted by atomic mass is 10.1. The fourth-order valence-corrected chi connectivity index (χ4v) is 5.05. The molecule has 9 heteroatoms. The molecule has 1 aliphatic heterocycles. The number of benzene rings is 2. The number of carbonyl (C=O) groups excluding carboxylic acids is 2. The zero-order valence-electron chi connectivity index (χ0n) is 17.2. The van der Waals surface area contributed by atoms with Crippen molar-refractivity contribution in [1.82, 2.24) is 4.31 Å². The summed E-state index contributed by atoms with van der Waals surface area (Å²) in [6.45, 7) is 6.60. The van der Waals surface area contributed by atoms with E-state index in [1.807, 2.05) is 0 Å². The van der Waals surface area contributed by atoms with Crippen molar-refractivity contribution in [2.24, 2.45) is 0 Å². The lowest BCUT2D eigenvalue weighted by molar-refractivity contribution is 0.102. The fourth-order valence-electron chi connectivity index (χ4n) is 3.34. The number of rotatable bonds is 7. The summed E-state index contributed by atoms with van der Waals surface area (Å²) in [6.07, 6.45) is -0.473. The van der Waals surface area contributed by atoms with Gasteiger partial charge >= 0.3 is 6.09 Å². The Kier molecular flexibility index (Phi) is 6.42. The lowest BCUT2D eigenvalue weighted by Crippen LogP contribution is -2.31. The highest BCUT2D eigenvalue weighted by molar-refractivity contribution is 7.89. The van der Waals surface area contributed by atoms with E-state index in [1.165, 1.54) is 15.3 Å². The molecule has 1 aliphatic rings. The molecule has 0 aliphatic carbocycles. The Labute approximate surface area is 176 Å². The fraction of sp³-hybridized carbons (Fsp3) is 0.333. The van der Waals surface area contributed by atoms with E-state index in [0.717, 1.165) is 0 Å². The second-order valence-electron chi connectivity index (χ2n) is 6.81. The molecule has 8 nitrogen and oxygen atoms in total. The number of nitrogens with one attached hydrogen (secondary N) is 1. The third-order valence-corrected chi connectivity index (χ3v) is 7.17. The van der Waals surface area contributed by atoms with Crippen molar-refractivity contribution in [3.05, 3.63) is 53.6 Å². The van der Waals surface area contributed by atoms with Crippen molar-refractivity contribution < 1.29 is 22.7 Å². The van der Waals surface area contributed by atoms with Gasteiger partial charge in [-0.3, -0.25) is 9.69 Å². The van der Waals surface area contributed by atoms with Crippen LogP contribution in [-0.4, -0.2) is 51.0 Å². The summed E-state index contributed by atoms with van der Waals surface area (Å²) in [5.74, 6) is -0.467. The minimum absolute atomic E-state index is 0.107. The minimum Gasteiger partial charge on any atom is -0.447 e. The van der Waals surface area contributed by atoms with E-state index in [0.29, 0.717) is 36.6 Å². The highest BCUT2D eigenvalue weighted by Gasteiger charge is 2.27. The second-order valence-corrected chi connectivity index (χ2v) is 8.71. The predicted octanol–water partition coefficient (Wildman–Crippen LogP) is 3.23. The standard InChI is InChI=1S/C21H25N3O5S/c1-4-23(5-2)30(27,28)19-14-16(11-10-15(19)3)20(25)22-17-8-6-7-9-18(17)24-12-13-29-21(24)26/h6-11,14H,4-5,12-13H2,1-3H3,(H,22,25). The van der Waals surface area contributed by atoms with E-state index in [-0.39, 0.29) is 17.1 Å². The molecule has 1 heterocycles. The Hall–Kier alpha value is -2.91. The smallest absolute Gasteiger partial charge is 0.414 e. The van der Waals surface area contributed by atoms with E-state index in [1.54, 1.807) is 57.2 Å². The Balaban J connectivity index is 1.92. The van der Waals surface area contributed by atoms with Gasteiger partial charge in [-0.2, -0.15) is 4.31 Å². The van der Waals surface area contributed by atoms with Crippen LogP contribution in [0, 0.1) is 6.92 Å². The van der Waals surface area contributed by atoms with Gasteiger partial charge in [-0.1, -0.05) is 32.0 Å². The first kappa shape index (κ1) is 21.8. The van der Waals surface area contributed by atoms with E-state index in [2.05, 4.69) is 5.32 Å². The topological polar surface area (TPSA) is 96.0 Å². The minimum atomic E-state index is -3.71. The molecule has 1 saturated heterocycles. The maximum absolute atomic E-state index is 12.9. The number of hydrogen-bond acceptors (Lipinski definition) is 5. The van der Waals surface area contributed by atoms with Gasteiger partial charge in [0.15, 0.2) is 0 Å². The number of carbonyl (C=O) groups is 2. The highest BCUT2D eigenvalue weighted by atomic mass is 32.2. The van der Waals surface area contributed by atoms with E-state index >= 15 is 0 Å². The van der Waals surface area contributed by atoms with Crippen molar-refractivity contribution >= 4 is 33.4 Å². The molecule has 0 bridgehead atoms. The summed E-state index contributed by atoms with van der Waals surface area (Å²) in [5, 5.41) is 2.78. The molecule has 1 fully saturated rings. The predicted molar refractivity (Wildman–Crippen MR) is 114 cm³/mol. The molecule has 0 saturated carbocycles. The number of para-hydroxylation sites is 2. The zero-order chi connectivity index (χ0) is 21.9. The molecule has 0 atom stereocenters. The first-order valence-corrected chi connectivity index (χ1v) is 11.2. The Morgan fingerprint density at radius 3 is 2.50 bits per heavy atom. The van der Waals surface area contributed by atoms with Gasteiger partial charge in [0.2, 0.25) is 10.0 Å². The van der Waals surface area contributed by atoms with Crippen molar-refractivity contribution in [3.8, 4) is 0 Å². The van der Waals surface area contributed by atoms with Crippen LogP contribution in [0.5, 0.6) is 0 Å². The van der Waals surface area contributed by atoms with E-state index in [9.17, 15) is 18.0 Å². The van der Waals surface area contributed by atoms with Gasteiger partial charge in [0.05, 0.1) is 22.8 Å². The molecule has 1 N–H and O–H groups in total. The first-order valence-electron chi connectivity index (χ1n) is 9.75. The van der Waals surface area contributed by atoms with Crippen LogP contribution < -0.4 is 10.2 Å². The van der Waals surface area contributed by atoms with Crippen LogP contribution in [0.1, 0.15) is 29.8 Å². The quantitative estimate of drug-likeness (QED) is 0.726. The molecule has 2 amide bonds. The zero-order valence-corrected chi connectivity index (χ0v) is 18.0. The van der Waals surface area contributed by atoms with Gasteiger partial charge in [0, 0.05) is 18.7 Å². The molecule has 0 radical (unpaired) electrons. The summed E-state index contributed by atoms with van der Waals surface area (Å²) >= 11 is 0. The van der Waals surface area contributed by atoms with Crippen molar-refractivity contribution in [2.75, 3.05) is 36.5 Å². The number of amides is 2. The van der Waals surface area contributed by atoms with Crippen LogP contribution in [0.4, 0.5) is 16.2 Å². The summed E-state index contributed by atoms with van der Waals surface area (Å²) in [5.41, 5.74) is 1.75. The number of cyclic esters (lactones) is 1. The number of aryl methyl sites for hydroxylation is 1. The van der Waals surface area contributed by atoms with Crippen molar-refractivity contribution in [3.63, 3.8) is 0 Å². The van der Waals surface area contributed by atoms with Crippen LogP contribution in [0.2, 0.25) is 0 Å². The van der Waals surface area contributed by atoms with Gasteiger partial charge < -0.3 is 10.1 Å². The summed E-state index contributed by atoms with van der Waals surface area (Å²) in [7, 11) is -3.71. The molecule has 2 aromatic carbocycles. The molecule has 0 aromatic heterocycles. The molecular formula is C21H25N3O5S. The molecule has 3 rings (SSSR count). The normalized spacial score (nSPS) is 14.1. The van der Waals surface area contributed by atoms with Crippen LogP contribution in [0.3, 0.4) is 0 Å². The highest BCUT2D eigenvalue weighted by Crippen LogP contribution is 2.29. The van der Waals surface area contributed by atoms with Crippen molar-refractivity contribution in [2.45, 2.75) is 25.7 Å². The van der Waals surface area contributed by atoms with Gasteiger partial charge in [-0.05, 0) is 36.8 Å². The SMILES string of the molecule is CCN(CC)S(=O)(=O)c1cc(C(=O)Nc2ccccc2N2CCOC2=O)ccc1C. The molecule has 2 aromatic rings. The van der Waals surface area contributed by atoms with E-state index in [4.69, 9.17) is 4.74 Å². The van der Waals surface area contributed by atoms with Gasteiger partial charge in [0.1, 0.15) is 6.61 Å². The average molecular weight is 432 g/mol. The number of nitrogens with zero attached hydrogens (tertiary/aromatic N) is 2. The second kappa shape index (κ2) is 8.85. The Morgan fingerprint density at radius 1 is 1.17 bits per heavy atom. The molecule has 160 valence electrons. The maximum Gasteiger partial charge on any atom is 0.414 e. The first-order chi connectivity index (χ1) is 14.3. The van der Waals surface area contributed by atoms with Crippen LogP contribution >= 0.6 is 0 Å². The maximum atomic E-state index is 12.9. The van der Waals surface area contributed by atoms with Crippen LogP contribution in [0.25, 0.3) is 0 Å². The summed E-state index contributed by atoms with van der Waals surface area (Å²) < 4.78 is 32.2. The summed E-state index contributed by atoms with van der Waals surface area (Å²) in [4.78, 5) is 26.4. The Morgan fingerprint density at radius 2 is 1.87 bits per heavy atom. The number of ether oxygens (including phenoxy) is 1. The summed E-state index contributed by atoms with van der Waals surface area (Å²) in [6, 6.07) is 11.5. The van der Waals surface area contributed by atoms with Crippen LogP contribution in [0.15, 0.2) is 47.4 Å². The number of sulfonamides is 1. The lowest BCUT2D eigenvalue weighted by Gasteiger charge is -2.20. The van der Waals surface area contributed by atoms with Gasteiger partial charge in [-0.15, -0.1) is 0 Å². The molecule has 30 heavy (non-hydrogen) atoms. The third-order valence-electron chi connectivity index (χ3n) is 4.98. The van der Waals surface area contributed by atoms with Crippen molar-refractivity contribution in [1.29, 1.82) is 0 Å². The molecule has 0 spiro atoms. The average Bonchev–Trinajstić information content (AvgIpc) is 3.15. The monoisotopic (exact) mass is 431 g/mol. The molecular weight excluding hydrogens is 406 g/mol. The van der Waals surface area contributed by atoms with Gasteiger partial charge in [-0.25, -0.2) is 13.2 Å².